The topological polar surface area (TPSA) is 83.5 Å². The van der Waals surface area contributed by atoms with Crippen molar-refractivity contribution in [2.45, 2.75) is 32.2 Å². The number of ketones is 2. The van der Waals surface area contributed by atoms with E-state index in [0.717, 1.165) is 6.42 Å². The minimum absolute atomic E-state index is 0.131. The molecule has 2 rings (SSSR count). The zero-order valence-electron chi connectivity index (χ0n) is 12.1. The van der Waals surface area contributed by atoms with E-state index in [1.165, 1.54) is 12.1 Å². The number of fused-ring (bicyclic) bond motifs is 1. The van der Waals surface area contributed by atoms with Crippen LogP contribution in [0.25, 0.3) is 0 Å². The second kappa shape index (κ2) is 6.75. The second-order valence-electron chi connectivity index (χ2n) is 5.07. The minimum atomic E-state index is -1.08. The minimum Gasteiger partial charge on any atom is -0.480 e. The Kier molecular flexibility index (Phi) is 4.98. The van der Waals surface area contributed by atoms with Gasteiger partial charge in [0.15, 0.2) is 0 Å². The lowest BCUT2D eigenvalue weighted by atomic mass is 9.92. The highest BCUT2D eigenvalue weighted by Gasteiger charge is 2.33. The lowest BCUT2D eigenvalue weighted by molar-refractivity contribution is -0.139. The van der Waals surface area contributed by atoms with Crippen LogP contribution < -0.4 is 5.32 Å². The van der Waals surface area contributed by atoms with E-state index in [2.05, 4.69) is 5.32 Å². The average molecular weight is 322 g/mol. The molecule has 5 nitrogen and oxygen atoms in total. The van der Waals surface area contributed by atoms with Gasteiger partial charge in [-0.15, -0.1) is 0 Å². The van der Waals surface area contributed by atoms with Crippen LogP contribution in [0.4, 0.5) is 0 Å². The van der Waals surface area contributed by atoms with Gasteiger partial charge >= 0.3 is 5.97 Å². The van der Waals surface area contributed by atoms with Crippen LogP contribution in [0.3, 0.4) is 0 Å². The van der Waals surface area contributed by atoms with E-state index in [9.17, 15) is 19.5 Å². The number of carbonyl (C=O) groups excluding carboxylic acids is 2. The summed E-state index contributed by atoms with van der Waals surface area (Å²) in [5.41, 5.74) is 0.344. The quantitative estimate of drug-likeness (QED) is 0.841. The number of carbonyl (C=O) groups is 3. The number of allylic oxidation sites excluding steroid dienone is 2. The summed E-state index contributed by atoms with van der Waals surface area (Å²) in [6, 6.07) is 5.40. The third-order valence-corrected chi connectivity index (χ3v) is 3.89. The SMILES string of the molecule is CCCCC(NC1=C(Cl)C(=O)c2ccccc2C1=O)C(=O)O. The van der Waals surface area contributed by atoms with E-state index in [4.69, 9.17) is 11.6 Å². The van der Waals surface area contributed by atoms with Gasteiger partial charge < -0.3 is 10.4 Å². The van der Waals surface area contributed by atoms with E-state index >= 15 is 0 Å². The Hall–Kier alpha value is -2.14. The first-order valence-corrected chi connectivity index (χ1v) is 7.42. The standard InChI is InChI=1S/C16H16ClNO4/c1-2-3-8-11(16(21)22)18-13-12(17)14(19)9-6-4-5-7-10(9)15(13)20/h4-7,11,18H,2-3,8H2,1H3,(H,21,22). The lowest BCUT2D eigenvalue weighted by Gasteiger charge is -2.22. The molecular formula is C16H16ClNO4. The third kappa shape index (κ3) is 3.04. The predicted molar refractivity (Wildman–Crippen MR) is 82.1 cm³/mol. The molecule has 0 bridgehead atoms. The number of Topliss-reactive ketones (excluding diaryl/α,β-unsaturated/α-hetero) is 2. The highest BCUT2D eigenvalue weighted by molar-refractivity contribution is 6.49. The molecule has 0 saturated heterocycles. The molecule has 0 saturated carbocycles. The molecular weight excluding hydrogens is 306 g/mol. The molecule has 0 amide bonds. The Morgan fingerprint density at radius 3 is 2.36 bits per heavy atom. The Labute approximate surface area is 133 Å². The average Bonchev–Trinajstić information content (AvgIpc) is 2.52. The van der Waals surface area contributed by atoms with E-state index in [-0.39, 0.29) is 21.9 Å². The molecule has 0 heterocycles. The number of hydrogen-bond donors (Lipinski definition) is 2. The zero-order chi connectivity index (χ0) is 16.3. The Bertz CT molecular complexity index is 666. The van der Waals surface area contributed by atoms with Crippen LogP contribution in [-0.4, -0.2) is 28.7 Å². The van der Waals surface area contributed by atoms with Crippen LogP contribution in [0, 0.1) is 0 Å². The van der Waals surface area contributed by atoms with Crippen LogP contribution in [-0.2, 0) is 4.79 Å². The molecule has 0 aromatic heterocycles. The van der Waals surface area contributed by atoms with Crippen molar-refractivity contribution in [3.8, 4) is 0 Å². The number of carboxylic acid groups (broad SMARTS) is 1. The molecule has 6 heteroatoms. The van der Waals surface area contributed by atoms with Gasteiger partial charge in [0.25, 0.3) is 0 Å². The molecule has 116 valence electrons. The van der Waals surface area contributed by atoms with Crippen molar-refractivity contribution in [2.75, 3.05) is 0 Å². The van der Waals surface area contributed by atoms with Crippen molar-refractivity contribution in [1.29, 1.82) is 0 Å². The number of benzene rings is 1. The largest absolute Gasteiger partial charge is 0.480 e. The molecule has 1 aromatic carbocycles. The fourth-order valence-electron chi connectivity index (χ4n) is 2.31. The fraction of sp³-hybridized carbons (Fsp3) is 0.312. The van der Waals surface area contributed by atoms with Crippen LogP contribution >= 0.6 is 11.6 Å². The van der Waals surface area contributed by atoms with Crippen LogP contribution in [0.1, 0.15) is 46.9 Å². The number of halogens is 1. The number of nitrogens with one attached hydrogen (secondary N) is 1. The molecule has 0 radical (unpaired) electrons. The maximum Gasteiger partial charge on any atom is 0.326 e. The second-order valence-corrected chi connectivity index (χ2v) is 5.45. The fourth-order valence-corrected chi connectivity index (χ4v) is 2.56. The third-order valence-electron chi connectivity index (χ3n) is 3.53. The van der Waals surface area contributed by atoms with Gasteiger partial charge in [0.05, 0.1) is 0 Å². The molecule has 2 N–H and O–H groups in total. The van der Waals surface area contributed by atoms with Crippen molar-refractivity contribution in [1.82, 2.24) is 5.32 Å². The molecule has 0 spiro atoms. The Balaban J connectivity index is 2.34. The Morgan fingerprint density at radius 1 is 1.23 bits per heavy atom. The van der Waals surface area contributed by atoms with Crippen LogP contribution in [0.5, 0.6) is 0 Å². The summed E-state index contributed by atoms with van der Waals surface area (Å²) in [4.78, 5) is 36.0. The summed E-state index contributed by atoms with van der Waals surface area (Å²) >= 11 is 5.99. The number of aliphatic carboxylic acids is 1. The van der Waals surface area contributed by atoms with Crippen LogP contribution in [0.15, 0.2) is 35.0 Å². The van der Waals surface area contributed by atoms with Crippen molar-refractivity contribution in [2.24, 2.45) is 0 Å². The first-order chi connectivity index (χ1) is 10.5. The predicted octanol–water partition coefficient (Wildman–Crippen LogP) is 2.75. The van der Waals surface area contributed by atoms with Gasteiger partial charge in [0.2, 0.25) is 11.6 Å². The highest BCUT2D eigenvalue weighted by atomic mass is 35.5. The molecule has 1 atom stereocenters. The van der Waals surface area contributed by atoms with Gasteiger partial charge in [-0.2, -0.15) is 0 Å². The smallest absolute Gasteiger partial charge is 0.326 e. The molecule has 0 fully saturated rings. The molecule has 0 aliphatic heterocycles. The van der Waals surface area contributed by atoms with Gasteiger partial charge in [-0.05, 0) is 6.42 Å². The zero-order valence-corrected chi connectivity index (χ0v) is 12.8. The van der Waals surface area contributed by atoms with E-state index in [1.54, 1.807) is 12.1 Å². The van der Waals surface area contributed by atoms with Gasteiger partial charge in [-0.25, -0.2) is 4.79 Å². The van der Waals surface area contributed by atoms with Crippen molar-refractivity contribution in [3.63, 3.8) is 0 Å². The molecule has 1 aliphatic carbocycles. The summed E-state index contributed by atoms with van der Waals surface area (Å²) in [5, 5.41) is 11.6. The summed E-state index contributed by atoms with van der Waals surface area (Å²) in [5.74, 6) is -2.01. The lowest BCUT2D eigenvalue weighted by Crippen LogP contribution is -2.40. The maximum atomic E-state index is 12.5. The van der Waals surface area contributed by atoms with Crippen molar-refractivity contribution in [3.05, 3.63) is 46.1 Å². The summed E-state index contributed by atoms with van der Waals surface area (Å²) < 4.78 is 0. The number of carboxylic acids is 1. The summed E-state index contributed by atoms with van der Waals surface area (Å²) in [6.45, 7) is 1.94. The van der Waals surface area contributed by atoms with Crippen molar-refractivity contribution < 1.29 is 19.5 Å². The van der Waals surface area contributed by atoms with E-state index in [0.29, 0.717) is 12.8 Å². The number of hydrogen-bond acceptors (Lipinski definition) is 4. The van der Waals surface area contributed by atoms with E-state index < -0.39 is 23.6 Å². The van der Waals surface area contributed by atoms with Gasteiger partial charge in [-0.3, -0.25) is 9.59 Å². The first-order valence-electron chi connectivity index (χ1n) is 7.05. The Morgan fingerprint density at radius 2 is 1.82 bits per heavy atom. The molecule has 1 unspecified atom stereocenters. The summed E-state index contributed by atoms with van der Waals surface area (Å²) in [7, 11) is 0. The van der Waals surface area contributed by atoms with Gasteiger partial charge in [0.1, 0.15) is 16.8 Å². The van der Waals surface area contributed by atoms with Gasteiger partial charge in [0, 0.05) is 11.1 Å². The number of unbranched alkanes of at least 4 members (excludes halogenated alkanes) is 1. The van der Waals surface area contributed by atoms with Crippen molar-refractivity contribution >= 4 is 29.1 Å². The molecule has 22 heavy (non-hydrogen) atoms. The molecule has 1 aromatic rings. The normalized spacial score (nSPS) is 15.5. The van der Waals surface area contributed by atoms with E-state index in [1.807, 2.05) is 6.92 Å². The van der Waals surface area contributed by atoms with Gasteiger partial charge in [-0.1, -0.05) is 55.6 Å². The highest BCUT2D eigenvalue weighted by Crippen LogP contribution is 2.27. The summed E-state index contributed by atoms with van der Waals surface area (Å²) in [6.07, 6.45) is 1.87. The van der Waals surface area contributed by atoms with Crippen LogP contribution in [0.2, 0.25) is 0 Å². The maximum absolute atomic E-state index is 12.5. The molecule has 1 aliphatic rings. The first kappa shape index (κ1) is 16.2. The monoisotopic (exact) mass is 321 g/mol. The number of rotatable bonds is 6.